The molecule has 0 bridgehead atoms. The number of aryl methyl sites for hydroxylation is 1. The van der Waals surface area contributed by atoms with Crippen LogP contribution < -0.4 is 0 Å². The summed E-state index contributed by atoms with van der Waals surface area (Å²) in [6.45, 7) is 1.99. The highest BCUT2D eigenvalue weighted by molar-refractivity contribution is 7.09. The van der Waals surface area contributed by atoms with Crippen molar-refractivity contribution in [1.82, 2.24) is 4.98 Å². The Morgan fingerprint density at radius 3 is 2.94 bits per heavy atom. The van der Waals surface area contributed by atoms with Crippen LogP contribution in [0.15, 0.2) is 29.6 Å². The second-order valence-corrected chi connectivity index (χ2v) is 5.99. The van der Waals surface area contributed by atoms with Crippen molar-refractivity contribution in [3.05, 3.63) is 51.5 Å². The van der Waals surface area contributed by atoms with E-state index in [4.69, 9.17) is 0 Å². The zero-order valence-corrected chi connectivity index (χ0v) is 11.3. The zero-order valence-electron chi connectivity index (χ0n) is 10.5. The van der Waals surface area contributed by atoms with Gasteiger partial charge in [0.25, 0.3) is 0 Å². The molecular formula is C15H17NOS. The lowest BCUT2D eigenvalue weighted by molar-refractivity contribution is 0.178. The van der Waals surface area contributed by atoms with Crippen LogP contribution in [0.1, 0.15) is 46.7 Å². The molecule has 1 saturated carbocycles. The van der Waals surface area contributed by atoms with Crippen LogP contribution in [0.5, 0.6) is 0 Å². The van der Waals surface area contributed by atoms with Crippen molar-refractivity contribution in [2.45, 2.75) is 38.2 Å². The number of aliphatic hydroxyl groups is 1. The molecule has 1 aromatic heterocycles. The van der Waals surface area contributed by atoms with Crippen molar-refractivity contribution in [1.29, 1.82) is 0 Å². The smallest absolute Gasteiger partial charge is 0.0957 e. The molecular weight excluding hydrogens is 242 g/mol. The first-order valence-electron chi connectivity index (χ1n) is 6.41. The molecule has 1 aromatic carbocycles. The molecule has 1 heterocycles. The maximum atomic E-state index is 10.3. The standard InChI is InChI=1S/C15H17NOS/c1-10-9-18-15(16-10)8-14(17)13-4-2-3-12(7-13)11-5-6-11/h2-4,7,9,11,14,17H,5-6,8H2,1H3. The van der Waals surface area contributed by atoms with E-state index in [1.807, 2.05) is 18.4 Å². The van der Waals surface area contributed by atoms with Gasteiger partial charge < -0.3 is 5.11 Å². The van der Waals surface area contributed by atoms with Gasteiger partial charge in [-0.3, -0.25) is 0 Å². The highest BCUT2D eigenvalue weighted by Gasteiger charge is 2.24. The third-order valence-corrected chi connectivity index (χ3v) is 4.37. The molecule has 3 rings (SSSR count). The van der Waals surface area contributed by atoms with Crippen LogP contribution in [0, 0.1) is 6.92 Å². The number of benzene rings is 1. The fourth-order valence-corrected chi connectivity index (χ4v) is 3.03. The first kappa shape index (κ1) is 11.9. The van der Waals surface area contributed by atoms with Gasteiger partial charge in [-0.2, -0.15) is 0 Å². The number of aliphatic hydroxyl groups excluding tert-OH is 1. The van der Waals surface area contributed by atoms with Crippen molar-refractivity contribution >= 4 is 11.3 Å². The Balaban J connectivity index is 1.74. The molecule has 0 radical (unpaired) electrons. The van der Waals surface area contributed by atoms with E-state index in [2.05, 4.69) is 23.2 Å². The Morgan fingerprint density at radius 2 is 2.28 bits per heavy atom. The van der Waals surface area contributed by atoms with Gasteiger partial charge in [0, 0.05) is 17.5 Å². The van der Waals surface area contributed by atoms with Gasteiger partial charge in [-0.05, 0) is 36.8 Å². The lowest BCUT2D eigenvalue weighted by Gasteiger charge is -2.10. The number of nitrogens with zero attached hydrogens (tertiary/aromatic N) is 1. The summed E-state index contributed by atoms with van der Waals surface area (Å²) in [5.41, 5.74) is 3.43. The molecule has 1 N–H and O–H groups in total. The van der Waals surface area contributed by atoms with Crippen molar-refractivity contribution in [2.24, 2.45) is 0 Å². The van der Waals surface area contributed by atoms with Crippen LogP contribution >= 0.6 is 11.3 Å². The van der Waals surface area contributed by atoms with E-state index in [0.717, 1.165) is 22.2 Å². The van der Waals surface area contributed by atoms with Gasteiger partial charge in [-0.1, -0.05) is 24.3 Å². The maximum absolute atomic E-state index is 10.3. The second kappa shape index (κ2) is 4.82. The molecule has 1 unspecified atom stereocenters. The summed E-state index contributed by atoms with van der Waals surface area (Å²) < 4.78 is 0. The van der Waals surface area contributed by atoms with E-state index in [0.29, 0.717) is 6.42 Å². The van der Waals surface area contributed by atoms with Gasteiger partial charge in [0.05, 0.1) is 11.1 Å². The summed E-state index contributed by atoms with van der Waals surface area (Å²) in [7, 11) is 0. The first-order valence-corrected chi connectivity index (χ1v) is 7.29. The van der Waals surface area contributed by atoms with E-state index >= 15 is 0 Å². The predicted octanol–water partition coefficient (Wildman–Crippen LogP) is 3.61. The molecule has 18 heavy (non-hydrogen) atoms. The zero-order chi connectivity index (χ0) is 12.5. The largest absolute Gasteiger partial charge is 0.388 e. The maximum Gasteiger partial charge on any atom is 0.0957 e. The summed E-state index contributed by atoms with van der Waals surface area (Å²) in [5, 5.41) is 13.3. The lowest BCUT2D eigenvalue weighted by Crippen LogP contribution is -2.02. The predicted molar refractivity (Wildman–Crippen MR) is 73.9 cm³/mol. The minimum absolute atomic E-state index is 0.436. The van der Waals surface area contributed by atoms with E-state index in [1.165, 1.54) is 18.4 Å². The summed E-state index contributed by atoms with van der Waals surface area (Å²) in [4.78, 5) is 4.40. The Kier molecular flexibility index (Phi) is 3.18. The van der Waals surface area contributed by atoms with Gasteiger partial charge in [-0.15, -0.1) is 11.3 Å². The topological polar surface area (TPSA) is 33.1 Å². The molecule has 0 spiro atoms. The number of hydrogen-bond donors (Lipinski definition) is 1. The van der Waals surface area contributed by atoms with Crippen LogP contribution in [0.25, 0.3) is 0 Å². The van der Waals surface area contributed by atoms with E-state index in [9.17, 15) is 5.11 Å². The SMILES string of the molecule is Cc1csc(CC(O)c2cccc(C3CC3)c2)n1. The molecule has 94 valence electrons. The third-order valence-electron chi connectivity index (χ3n) is 3.38. The molecule has 1 atom stereocenters. The first-order chi connectivity index (χ1) is 8.72. The fourth-order valence-electron chi connectivity index (χ4n) is 2.22. The molecule has 0 saturated heterocycles. The Morgan fingerprint density at radius 1 is 1.44 bits per heavy atom. The van der Waals surface area contributed by atoms with Crippen molar-refractivity contribution < 1.29 is 5.11 Å². The highest BCUT2D eigenvalue weighted by atomic mass is 32.1. The normalized spacial score (nSPS) is 16.8. The van der Waals surface area contributed by atoms with Crippen molar-refractivity contribution in [2.75, 3.05) is 0 Å². The Hall–Kier alpha value is -1.19. The second-order valence-electron chi connectivity index (χ2n) is 5.05. The summed E-state index contributed by atoms with van der Waals surface area (Å²) in [6, 6.07) is 8.39. The van der Waals surface area contributed by atoms with E-state index < -0.39 is 6.10 Å². The molecule has 0 amide bonds. The highest BCUT2D eigenvalue weighted by Crippen LogP contribution is 2.40. The van der Waals surface area contributed by atoms with Crippen LogP contribution in [0.4, 0.5) is 0 Å². The minimum atomic E-state index is -0.436. The third kappa shape index (κ3) is 2.62. The molecule has 2 aromatic rings. The van der Waals surface area contributed by atoms with Crippen LogP contribution in [-0.2, 0) is 6.42 Å². The average molecular weight is 259 g/mol. The average Bonchev–Trinajstić information content (AvgIpc) is 3.14. The minimum Gasteiger partial charge on any atom is -0.388 e. The molecule has 1 aliphatic rings. The Labute approximate surface area is 111 Å². The van der Waals surface area contributed by atoms with Gasteiger partial charge in [-0.25, -0.2) is 4.98 Å². The number of hydrogen-bond acceptors (Lipinski definition) is 3. The van der Waals surface area contributed by atoms with Crippen LogP contribution in [-0.4, -0.2) is 10.1 Å². The number of aromatic nitrogens is 1. The molecule has 1 aliphatic carbocycles. The number of rotatable bonds is 4. The molecule has 1 fully saturated rings. The fraction of sp³-hybridized carbons (Fsp3) is 0.400. The monoisotopic (exact) mass is 259 g/mol. The van der Waals surface area contributed by atoms with Crippen LogP contribution in [0.3, 0.4) is 0 Å². The van der Waals surface area contributed by atoms with Gasteiger partial charge >= 0.3 is 0 Å². The van der Waals surface area contributed by atoms with Gasteiger partial charge in [0.15, 0.2) is 0 Å². The van der Waals surface area contributed by atoms with Gasteiger partial charge in [0.1, 0.15) is 0 Å². The van der Waals surface area contributed by atoms with Crippen molar-refractivity contribution in [3.8, 4) is 0 Å². The van der Waals surface area contributed by atoms with E-state index in [1.54, 1.807) is 11.3 Å². The van der Waals surface area contributed by atoms with Crippen molar-refractivity contribution in [3.63, 3.8) is 0 Å². The molecule has 3 heteroatoms. The Bertz CT molecular complexity index is 545. The number of thiazole rings is 1. The summed E-state index contributed by atoms with van der Waals surface area (Å²) >= 11 is 1.62. The molecule has 0 aliphatic heterocycles. The molecule has 2 nitrogen and oxygen atoms in total. The summed E-state index contributed by atoms with van der Waals surface area (Å²) in [6.07, 6.45) is 2.78. The van der Waals surface area contributed by atoms with Crippen LogP contribution in [0.2, 0.25) is 0 Å². The van der Waals surface area contributed by atoms with E-state index in [-0.39, 0.29) is 0 Å². The summed E-state index contributed by atoms with van der Waals surface area (Å²) in [5.74, 6) is 0.735. The quantitative estimate of drug-likeness (QED) is 0.910. The van der Waals surface area contributed by atoms with Gasteiger partial charge in [0.2, 0.25) is 0 Å². The lowest BCUT2D eigenvalue weighted by atomic mass is 10.0.